The van der Waals surface area contributed by atoms with Crippen LogP contribution in [0.2, 0.25) is 0 Å². The summed E-state index contributed by atoms with van der Waals surface area (Å²) in [6, 6.07) is 8.04. The van der Waals surface area contributed by atoms with Gasteiger partial charge in [-0.15, -0.1) is 0 Å². The fraction of sp³-hybridized carbons (Fsp3) is 0.400. The summed E-state index contributed by atoms with van der Waals surface area (Å²) >= 11 is 0. The summed E-state index contributed by atoms with van der Waals surface area (Å²) in [6.07, 6.45) is 0. The monoisotopic (exact) mass is 244 g/mol. The van der Waals surface area contributed by atoms with Crippen molar-refractivity contribution in [3.05, 3.63) is 29.8 Å². The highest BCUT2D eigenvalue weighted by molar-refractivity contribution is 5.85. The number of hydrogen-bond donors (Lipinski definition) is 1. The summed E-state index contributed by atoms with van der Waals surface area (Å²) in [6.45, 7) is 8.48. The van der Waals surface area contributed by atoms with Gasteiger partial charge in [0.15, 0.2) is 0 Å². The minimum absolute atomic E-state index is 0.0135. The van der Waals surface area contributed by atoms with E-state index in [0.29, 0.717) is 0 Å². The lowest BCUT2D eigenvalue weighted by Gasteiger charge is -2.22. The van der Waals surface area contributed by atoms with E-state index >= 15 is 0 Å². The van der Waals surface area contributed by atoms with Crippen molar-refractivity contribution < 1.29 is 4.74 Å². The molecule has 0 amide bonds. The second kappa shape index (κ2) is 4.48. The van der Waals surface area contributed by atoms with Gasteiger partial charge in [0, 0.05) is 10.9 Å². The lowest BCUT2D eigenvalue weighted by Crippen LogP contribution is -2.26. The molecule has 2 aromatic rings. The minimum atomic E-state index is 0.0135. The van der Waals surface area contributed by atoms with Gasteiger partial charge < -0.3 is 10.1 Å². The smallest absolute Gasteiger partial charge is 0.127 e. The Kier molecular flexibility index (Phi) is 3.16. The van der Waals surface area contributed by atoms with Crippen LogP contribution in [0, 0.1) is 6.92 Å². The normalized spacial score (nSPS) is 11.6. The molecule has 0 aliphatic rings. The van der Waals surface area contributed by atoms with Crippen molar-refractivity contribution in [2.75, 3.05) is 12.4 Å². The van der Waals surface area contributed by atoms with Gasteiger partial charge >= 0.3 is 0 Å². The average molecular weight is 244 g/mol. The highest BCUT2D eigenvalue weighted by Gasteiger charge is 2.11. The zero-order valence-electron chi connectivity index (χ0n) is 11.7. The van der Waals surface area contributed by atoms with E-state index in [2.05, 4.69) is 44.1 Å². The maximum absolute atomic E-state index is 5.24. The molecule has 0 aliphatic heterocycles. The molecule has 0 saturated heterocycles. The molecule has 0 spiro atoms. The summed E-state index contributed by atoms with van der Waals surface area (Å²) in [5, 5.41) is 4.53. The van der Waals surface area contributed by atoms with E-state index in [1.165, 1.54) is 5.56 Å². The number of nitrogens with one attached hydrogen (secondary N) is 1. The van der Waals surface area contributed by atoms with Crippen LogP contribution in [0.25, 0.3) is 10.9 Å². The number of methoxy groups -OCH3 is 1. The average Bonchev–Trinajstić information content (AvgIpc) is 2.26. The van der Waals surface area contributed by atoms with Crippen LogP contribution in [0.4, 0.5) is 5.82 Å². The van der Waals surface area contributed by atoms with Crippen LogP contribution in [0.15, 0.2) is 24.3 Å². The van der Waals surface area contributed by atoms with Crippen LogP contribution in [-0.2, 0) is 0 Å². The van der Waals surface area contributed by atoms with E-state index < -0.39 is 0 Å². The topological polar surface area (TPSA) is 34.1 Å². The molecule has 0 atom stereocenters. The molecule has 1 aromatic carbocycles. The fourth-order valence-corrected chi connectivity index (χ4v) is 1.95. The molecule has 1 heterocycles. The number of anilines is 1. The summed E-state index contributed by atoms with van der Waals surface area (Å²) in [7, 11) is 1.68. The maximum atomic E-state index is 5.24. The molecule has 0 radical (unpaired) electrons. The van der Waals surface area contributed by atoms with Gasteiger partial charge in [0.1, 0.15) is 11.6 Å². The van der Waals surface area contributed by atoms with Gasteiger partial charge in [-0.2, -0.15) is 0 Å². The fourth-order valence-electron chi connectivity index (χ4n) is 1.95. The second-order valence-corrected chi connectivity index (χ2v) is 5.58. The molecule has 0 bridgehead atoms. The quantitative estimate of drug-likeness (QED) is 0.873. The van der Waals surface area contributed by atoms with Gasteiger partial charge in [0.05, 0.1) is 12.6 Å². The van der Waals surface area contributed by atoms with Crippen LogP contribution in [-0.4, -0.2) is 17.6 Å². The van der Waals surface area contributed by atoms with Crippen LogP contribution >= 0.6 is 0 Å². The molecule has 1 aromatic heterocycles. The van der Waals surface area contributed by atoms with Crippen molar-refractivity contribution in [2.24, 2.45) is 0 Å². The molecular formula is C15H20N2O. The van der Waals surface area contributed by atoms with Gasteiger partial charge in [-0.05, 0) is 57.5 Å². The Morgan fingerprint density at radius 1 is 1.17 bits per heavy atom. The van der Waals surface area contributed by atoms with Crippen molar-refractivity contribution in [1.29, 1.82) is 0 Å². The molecule has 96 valence electrons. The predicted octanol–water partition coefficient (Wildman–Crippen LogP) is 3.76. The molecule has 3 nitrogen and oxygen atoms in total. The van der Waals surface area contributed by atoms with Gasteiger partial charge in [-0.25, -0.2) is 4.98 Å². The number of pyridine rings is 1. The van der Waals surface area contributed by atoms with Crippen molar-refractivity contribution in [3.63, 3.8) is 0 Å². The Morgan fingerprint density at radius 3 is 2.50 bits per heavy atom. The maximum Gasteiger partial charge on any atom is 0.127 e. The molecule has 0 aliphatic carbocycles. The first-order valence-corrected chi connectivity index (χ1v) is 6.12. The Labute approximate surface area is 108 Å². The Balaban J connectivity index is 2.50. The van der Waals surface area contributed by atoms with Gasteiger partial charge in [0.2, 0.25) is 0 Å². The van der Waals surface area contributed by atoms with E-state index in [-0.39, 0.29) is 5.54 Å². The van der Waals surface area contributed by atoms with Crippen molar-refractivity contribution in [3.8, 4) is 5.75 Å². The molecule has 2 rings (SSSR count). The first-order chi connectivity index (χ1) is 8.39. The van der Waals surface area contributed by atoms with E-state index in [1.54, 1.807) is 7.11 Å². The van der Waals surface area contributed by atoms with E-state index in [4.69, 9.17) is 4.74 Å². The van der Waals surface area contributed by atoms with Gasteiger partial charge in [-0.1, -0.05) is 0 Å². The number of ether oxygens (including phenoxy) is 1. The third kappa shape index (κ3) is 2.73. The number of fused-ring (bicyclic) bond motifs is 1. The molecule has 0 saturated carbocycles. The summed E-state index contributed by atoms with van der Waals surface area (Å²) in [5.74, 6) is 1.78. The van der Waals surface area contributed by atoms with Crippen LogP contribution in [0.5, 0.6) is 5.75 Å². The molecule has 18 heavy (non-hydrogen) atoms. The highest BCUT2D eigenvalue weighted by atomic mass is 16.5. The summed E-state index contributed by atoms with van der Waals surface area (Å²) < 4.78 is 5.24. The molecule has 1 N–H and O–H groups in total. The molecular weight excluding hydrogens is 224 g/mol. The SMILES string of the molecule is COc1ccc2nc(NC(C)(C)C)cc(C)c2c1. The number of hydrogen-bond acceptors (Lipinski definition) is 3. The first-order valence-electron chi connectivity index (χ1n) is 6.12. The third-order valence-corrected chi connectivity index (χ3v) is 2.73. The lowest BCUT2D eigenvalue weighted by atomic mass is 10.1. The highest BCUT2D eigenvalue weighted by Crippen LogP contribution is 2.25. The van der Waals surface area contributed by atoms with E-state index in [1.807, 2.05) is 18.2 Å². The lowest BCUT2D eigenvalue weighted by molar-refractivity contribution is 0.415. The molecule has 3 heteroatoms. The molecule has 0 fully saturated rings. The van der Waals surface area contributed by atoms with Gasteiger partial charge in [-0.3, -0.25) is 0 Å². The standard InChI is InChI=1S/C15H20N2O/c1-10-8-14(17-15(2,3)4)16-13-7-6-11(18-5)9-12(10)13/h6-9H,1-5H3,(H,16,17). The number of aryl methyl sites for hydroxylation is 1. The van der Waals surface area contributed by atoms with Crippen molar-refractivity contribution in [2.45, 2.75) is 33.2 Å². The Bertz CT molecular complexity index is 570. The third-order valence-electron chi connectivity index (χ3n) is 2.73. The zero-order chi connectivity index (χ0) is 13.3. The van der Waals surface area contributed by atoms with Crippen molar-refractivity contribution >= 4 is 16.7 Å². The predicted molar refractivity (Wildman–Crippen MR) is 76.4 cm³/mol. The summed E-state index contributed by atoms with van der Waals surface area (Å²) in [5.41, 5.74) is 2.20. The largest absolute Gasteiger partial charge is 0.497 e. The van der Waals surface area contributed by atoms with Crippen molar-refractivity contribution in [1.82, 2.24) is 4.98 Å². The number of benzene rings is 1. The first kappa shape index (κ1) is 12.7. The van der Waals surface area contributed by atoms with E-state index in [9.17, 15) is 0 Å². The number of aromatic nitrogens is 1. The van der Waals surface area contributed by atoms with Crippen LogP contribution < -0.4 is 10.1 Å². The van der Waals surface area contributed by atoms with Gasteiger partial charge in [0.25, 0.3) is 0 Å². The Hall–Kier alpha value is -1.77. The Morgan fingerprint density at radius 2 is 1.89 bits per heavy atom. The number of nitrogens with zero attached hydrogens (tertiary/aromatic N) is 1. The number of rotatable bonds is 2. The molecule has 0 unspecified atom stereocenters. The minimum Gasteiger partial charge on any atom is -0.497 e. The zero-order valence-corrected chi connectivity index (χ0v) is 11.7. The van der Waals surface area contributed by atoms with Crippen LogP contribution in [0.3, 0.4) is 0 Å². The van der Waals surface area contributed by atoms with Crippen LogP contribution in [0.1, 0.15) is 26.3 Å². The second-order valence-electron chi connectivity index (χ2n) is 5.58. The van der Waals surface area contributed by atoms with E-state index in [0.717, 1.165) is 22.5 Å². The summed E-state index contributed by atoms with van der Waals surface area (Å²) in [4.78, 5) is 4.63.